The zero-order chi connectivity index (χ0) is 21.2. The highest BCUT2D eigenvalue weighted by atomic mass is 79.9. The van der Waals surface area contributed by atoms with Crippen molar-refractivity contribution < 1.29 is 9.53 Å². The minimum Gasteiger partial charge on any atom is -0.379 e. The number of nitrogens with zero attached hydrogens (tertiary/aromatic N) is 6. The van der Waals surface area contributed by atoms with Crippen LogP contribution < -0.4 is 4.90 Å². The van der Waals surface area contributed by atoms with Crippen molar-refractivity contribution in [2.75, 3.05) is 44.3 Å². The SMILES string of the molecule is O=C(Cn1nnc2ccccc21)N(CCN1CCOCC1)c1nc2ccc(Br)cc2s1. The molecule has 0 spiro atoms. The van der Waals surface area contributed by atoms with Crippen molar-refractivity contribution in [2.24, 2.45) is 0 Å². The van der Waals surface area contributed by atoms with E-state index in [1.165, 1.54) is 11.3 Å². The number of rotatable bonds is 6. The molecule has 1 saturated heterocycles. The Morgan fingerprint density at radius 3 is 2.87 bits per heavy atom. The maximum atomic E-state index is 13.4. The number of aromatic nitrogens is 4. The van der Waals surface area contributed by atoms with Crippen LogP contribution in [-0.4, -0.2) is 70.2 Å². The Bertz CT molecular complexity index is 1220. The Kier molecular flexibility index (Phi) is 5.95. The average Bonchev–Trinajstić information content (AvgIpc) is 3.38. The highest BCUT2D eigenvalue weighted by Gasteiger charge is 2.23. The van der Waals surface area contributed by atoms with Crippen molar-refractivity contribution in [1.82, 2.24) is 24.9 Å². The largest absolute Gasteiger partial charge is 0.379 e. The first-order valence-electron chi connectivity index (χ1n) is 10.1. The fourth-order valence-corrected chi connectivity index (χ4v) is 5.20. The molecule has 1 fully saturated rings. The summed E-state index contributed by atoms with van der Waals surface area (Å²) in [6.07, 6.45) is 0. The zero-order valence-electron chi connectivity index (χ0n) is 16.8. The monoisotopic (exact) mass is 500 g/mol. The van der Waals surface area contributed by atoms with Gasteiger partial charge in [-0.15, -0.1) is 5.10 Å². The maximum absolute atomic E-state index is 13.4. The quantitative estimate of drug-likeness (QED) is 0.404. The average molecular weight is 501 g/mol. The van der Waals surface area contributed by atoms with E-state index in [4.69, 9.17) is 9.72 Å². The first-order valence-corrected chi connectivity index (χ1v) is 11.7. The number of halogens is 1. The molecule has 3 heterocycles. The molecule has 0 N–H and O–H groups in total. The van der Waals surface area contributed by atoms with Gasteiger partial charge in [-0.25, -0.2) is 9.67 Å². The van der Waals surface area contributed by atoms with Crippen LogP contribution in [0.2, 0.25) is 0 Å². The molecule has 31 heavy (non-hydrogen) atoms. The van der Waals surface area contributed by atoms with E-state index in [2.05, 4.69) is 31.1 Å². The maximum Gasteiger partial charge on any atom is 0.250 e. The number of amides is 1. The van der Waals surface area contributed by atoms with Gasteiger partial charge < -0.3 is 4.74 Å². The second kappa shape index (κ2) is 8.99. The van der Waals surface area contributed by atoms with E-state index < -0.39 is 0 Å². The standard InChI is InChI=1S/C21H21BrN6O2S/c22-15-5-6-17-19(13-15)31-21(23-17)27(8-7-26-9-11-30-12-10-26)20(29)14-28-18-4-2-1-3-16(18)24-25-28/h1-6,13H,7-12,14H2. The number of hydrogen-bond donors (Lipinski definition) is 0. The summed E-state index contributed by atoms with van der Waals surface area (Å²) < 4.78 is 9.14. The van der Waals surface area contributed by atoms with Crippen LogP contribution in [0.4, 0.5) is 5.13 Å². The molecule has 160 valence electrons. The topological polar surface area (TPSA) is 76.4 Å². The molecule has 4 aromatic rings. The van der Waals surface area contributed by atoms with Gasteiger partial charge in [-0.3, -0.25) is 14.6 Å². The fourth-order valence-electron chi connectivity index (χ4n) is 3.64. The second-order valence-corrected chi connectivity index (χ2v) is 9.27. The fraction of sp³-hybridized carbons (Fsp3) is 0.333. The third kappa shape index (κ3) is 4.47. The Hall–Kier alpha value is -2.40. The van der Waals surface area contributed by atoms with Crippen LogP contribution in [0.1, 0.15) is 0 Å². The van der Waals surface area contributed by atoms with Gasteiger partial charge in [-0.05, 0) is 30.3 Å². The van der Waals surface area contributed by atoms with Gasteiger partial charge in [0.25, 0.3) is 5.91 Å². The number of anilines is 1. The number of morpholine rings is 1. The summed E-state index contributed by atoms with van der Waals surface area (Å²) in [6, 6.07) is 13.6. The van der Waals surface area contributed by atoms with Gasteiger partial charge in [0.05, 0.1) is 28.9 Å². The number of thiazole rings is 1. The van der Waals surface area contributed by atoms with E-state index in [1.807, 2.05) is 42.5 Å². The van der Waals surface area contributed by atoms with Crippen molar-refractivity contribution in [3.05, 3.63) is 46.9 Å². The van der Waals surface area contributed by atoms with Crippen LogP contribution in [0.5, 0.6) is 0 Å². The van der Waals surface area contributed by atoms with Gasteiger partial charge in [-0.2, -0.15) is 0 Å². The van der Waals surface area contributed by atoms with Gasteiger partial charge >= 0.3 is 0 Å². The smallest absolute Gasteiger partial charge is 0.250 e. The van der Waals surface area contributed by atoms with Gasteiger partial charge in [0.1, 0.15) is 12.1 Å². The highest BCUT2D eigenvalue weighted by Crippen LogP contribution is 2.31. The Balaban J connectivity index is 1.42. The first-order chi connectivity index (χ1) is 15.2. The summed E-state index contributed by atoms with van der Waals surface area (Å²) in [6.45, 7) is 4.66. The highest BCUT2D eigenvalue weighted by molar-refractivity contribution is 9.10. The van der Waals surface area contributed by atoms with E-state index in [0.29, 0.717) is 11.7 Å². The van der Waals surface area contributed by atoms with Crippen LogP contribution in [0.15, 0.2) is 46.9 Å². The number of ether oxygens (including phenoxy) is 1. The molecular formula is C21H21BrN6O2S. The van der Waals surface area contributed by atoms with E-state index in [0.717, 1.165) is 58.6 Å². The van der Waals surface area contributed by atoms with Crippen LogP contribution >= 0.6 is 27.3 Å². The van der Waals surface area contributed by atoms with E-state index in [1.54, 1.807) is 9.58 Å². The zero-order valence-corrected chi connectivity index (χ0v) is 19.2. The molecule has 0 radical (unpaired) electrons. The van der Waals surface area contributed by atoms with Crippen molar-refractivity contribution in [3.63, 3.8) is 0 Å². The molecule has 10 heteroatoms. The summed E-state index contributed by atoms with van der Waals surface area (Å²) in [5.41, 5.74) is 2.51. The molecule has 5 rings (SSSR count). The van der Waals surface area contributed by atoms with Gasteiger partial charge in [-0.1, -0.05) is 44.6 Å². The normalized spacial score (nSPS) is 15.0. The third-order valence-corrected chi connectivity index (χ3v) is 6.85. The molecule has 0 unspecified atom stereocenters. The minimum atomic E-state index is -0.0537. The van der Waals surface area contributed by atoms with Gasteiger partial charge in [0, 0.05) is 30.7 Å². The van der Waals surface area contributed by atoms with Crippen molar-refractivity contribution in [3.8, 4) is 0 Å². The first kappa shape index (κ1) is 20.5. The summed E-state index contributed by atoms with van der Waals surface area (Å²) in [7, 11) is 0. The molecule has 2 aromatic carbocycles. The lowest BCUT2D eigenvalue weighted by Crippen LogP contribution is -2.44. The summed E-state index contributed by atoms with van der Waals surface area (Å²) >= 11 is 5.04. The molecule has 2 aromatic heterocycles. The number of para-hydroxylation sites is 1. The van der Waals surface area contributed by atoms with Gasteiger partial charge in [0.2, 0.25) is 0 Å². The predicted octanol–water partition coefficient (Wildman–Crippen LogP) is 3.17. The molecule has 1 aliphatic heterocycles. The van der Waals surface area contributed by atoms with E-state index in [9.17, 15) is 4.79 Å². The lowest BCUT2D eigenvalue weighted by atomic mass is 10.3. The molecule has 0 atom stereocenters. The second-order valence-electron chi connectivity index (χ2n) is 7.34. The Labute approximate surface area is 191 Å². The number of benzene rings is 2. The molecule has 8 nitrogen and oxygen atoms in total. The summed E-state index contributed by atoms with van der Waals surface area (Å²) in [5, 5.41) is 9.06. The minimum absolute atomic E-state index is 0.0537. The summed E-state index contributed by atoms with van der Waals surface area (Å²) in [4.78, 5) is 22.3. The molecule has 1 amide bonds. The van der Waals surface area contributed by atoms with Crippen molar-refractivity contribution >= 4 is 59.6 Å². The van der Waals surface area contributed by atoms with Crippen molar-refractivity contribution in [2.45, 2.75) is 6.54 Å². The number of fused-ring (bicyclic) bond motifs is 2. The van der Waals surface area contributed by atoms with Crippen LogP contribution in [0.25, 0.3) is 21.3 Å². The molecule has 0 bridgehead atoms. The van der Waals surface area contributed by atoms with Crippen LogP contribution in [0, 0.1) is 0 Å². The summed E-state index contributed by atoms with van der Waals surface area (Å²) in [5.74, 6) is -0.0537. The Morgan fingerprint density at radius 1 is 1.16 bits per heavy atom. The number of hydrogen-bond acceptors (Lipinski definition) is 7. The van der Waals surface area contributed by atoms with Crippen LogP contribution in [-0.2, 0) is 16.1 Å². The van der Waals surface area contributed by atoms with Gasteiger partial charge in [0.15, 0.2) is 5.13 Å². The molecule has 1 aliphatic rings. The molecular weight excluding hydrogens is 480 g/mol. The predicted molar refractivity (Wildman–Crippen MR) is 124 cm³/mol. The van der Waals surface area contributed by atoms with Crippen molar-refractivity contribution in [1.29, 1.82) is 0 Å². The number of carbonyl (C=O) groups is 1. The lowest BCUT2D eigenvalue weighted by Gasteiger charge is -2.29. The van der Waals surface area contributed by atoms with E-state index in [-0.39, 0.29) is 12.5 Å². The molecule has 0 saturated carbocycles. The lowest BCUT2D eigenvalue weighted by molar-refractivity contribution is -0.119. The Morgan fingerprint density at radius 2 is 2.00 bits per heavy atom. The molecule has 0 aliphatic carbocycles. The number of carbonyl (C=O) groups excluding carboxylic acids is 1. The third-order valence-electron chi connectivity index (χ3n) is 5.32. The van der Waals surface area contributed by atoms with E-state index >= 15 is 0 Å². The van der Waals surface area contributed by atoms with Crippen LogP contribution in [0.3, 0.4) is 0 Å².